The minimum atomic E-state index is -0.0131. The summed E-state index contributed by atoms with van der Waals surface area (Å²) in [5.41, 5.74) is 1.46. The van der Waals surface area contributed by atoms with Gasteiger partial charge in [0.1, 0.15) is 0 Å². The average Bonchev–Trinajstić information content (AvgIpc) is 2.68. The normalized spacial score (nSPS) is 10.5. The minimum absolute atomic E-state index is 0.0131. The summed E-state index contributed by atoms with van der Waals surface area (Å²) in [5.74, 6) is 0.0414. The lowest BCUT2D eigenvalue weighted by Crippen LogP contribution is -2.32. The van der Waals surface area contributed by atoms with Crippen LogP contribution < -0.4 is 10.6 Å². The van der Waals surface area contributed by atoms with E-state index in [-0.39, 0.29) is 18.4 Å². The molecule has 1 aromatic carbocycles. The third-order valence-corrected chi connectivity index (χ3v) is 4.44. The van der Waals surface area contributed by atoms with Gasteiger partial charge in [-0.25, -0.2) is 0 Å². The van der Waals surface area contributed by atoms with E-state index in [1.54, 1.807) is 0 Å². The van der Waals surface area contributed by atoms with E-state index in [4.69, 9.17) is 0 Å². The van der Waals surface area contributed by atoms with Crippen LogP contribution in [0, 0.1) is 0 Å². The molecule has 0 heterocycles. The van der Waals surface area contributed by atoms with E-state index in [1.807, 2.05) is 29.2 Å². The lowest BCUT2D eigenvalue weighted by molar-refractivity contribution is -0.119. The van der Waals surface area contributed by atoms with Gasteiger partial charge in [0.25, 0.3) is 5.91 Å². The molecule has 152 valence electrons. The van der Waals surface area contributed by atoms with Crippen molar-refractivity contribution >= 4 is 17.5 Å². The highest BCUT2D eigenvalue weighted by Gasteiger charge is 2.14. The first kappa shape index (κ1) is 23.0. The quantitative estimate of drug-likeness (QED) is 0.472. The van der Waals surface area contributed by atoms with Crippen LogP contribution in [0.2, 0.25) is 0 Å². The number of carbonyl (C=O) groups is 2. The van der Waals surface area contributed by atoms with Gasteiger partial charge in [-0.15, -0.1) is 0 Å². The molecule has 5 nitrogen and oxygen atoms in total. The van der Waals surface area contributed by atoms with Crippen LogP contribution in [-0.4, -0.2) is 42.9 Å². The third-order valence-electron chi connectivity index (χ3n) is 4.44. The fraction of sp³-hybridized carbons (Fsp3) is 0.636. The Kier molecular flexibility index (Phi) is 12.0. The lowest BCUT2D eigenvalue weighted by Gasteiger charge is -2.21. The summed E-state index contributed by atoms with van der Waals surface area (Å²) in [6.07, 6.45) is 7.81. The maximum atomic E-state index is 12.7. The van der Waals surface area contributed by atoms with E-state index in [1.165, 1.54) is 19.3 Å². The Labute approximate surface area is 164 Å². The van der Waals surface area contributed by atoms with Crippen LogP contribution in [0.4, 0.5) is 5.69 Å². The van der Waals surface area contributed by atoms with E-state index < -0.39 is 0 Å². The molecule has 0 atom stereocenters. The zero-order valence-corrected chi connectivity index (χ0v) is 17.4. The maximum absolute atomic E-state index is 12.7. The van der Waals surface area contributed by atoms with Crippen LogP contribution >= 0.6 is 0 Å². The van der Waals surface area contributed by atoms with Gasteiger partial charge in [0.2, 0.25) is 5.91 Å². The van der Waals surface area contributed by atoms with Crippen LogP contribution in [0.1, 0.15) is 76.1 Å². The predicted molar refractivity (Wildman–Crippen MR) is 113 cm³/mol. The fourth-order valence-electron chi connectivity index (χ4n) is 3.00. The number of nitrogens with zero attached hydrogens (tertiary/aromatic N) is 1. The molecule has 0 aliphatic heterocycles. The smallest absolute Gasteiger partial charge is 0.253 e. The fourth-order valence-corrected chi connectivity index (χ4v) is 3.00. The molecule has 0 spiro atoms. The largest absolute Gasteiger partial charge is 0.376 e. The van der Waals surface area contributed by atoms with E-state index in [2.05, 4.69) is 31.4 Å². The number of benzene rings is 1. The van der Waals surface area contributed by atoms with Crippen molar-refractivity contribution < 1.29 is 9.59 Å². The molecule has 0 aromatic heterocycles. The van der Waals surface area contributed by atoms with Crippen molar-refractivity contribution in [1.29, 1.82) is 0 Å². The first-order chi connectivity index (χ1) is 13.1. The van der Waals surface area contributed by atoms with Gasteiger partial charge in [-0.1, -0.05) is 52.5 Å². The van der Waals surface area contributed by atoms with Crippen LogP contribution in [0.15, 0.2) is 24.3 Å². The average molecular weight is 376 g/mol. The second-order valence-corrected chi connectivity index (χ2v) is 6.99. The Bertz CT molecular complexity index is 554. The molecule has 0 fully saturated rings. The van der Waals surface area contributed by atoms with Gasteiger partial charge in [-0.3, -0.25) is 9.59 Å². The standard InChI is InChI=1S/C22H37N3O2/c1-4-7-8-9-10-14-23-21(26)18-24-20-13-11-12-19(17-20)22(27)25(15-5-2)16-6-3/h11-13,17,24H,4-10,14-16,18H2,1-3H3,(H,23,26). The summed E-state index contributed by atoms with van der Waals surface area (Å²) < 4.78 is 0. The number of unbranched alkanes of at least 4 members (excludes halogenated alkanes) is 4. The first-order valence-electron chi connectivity index (χ1n) is 10.5. The summed E-state index contributed by atoms with van der Waals surface area (Å²) in [7, 11) is 0. The highest BCUT2D eigenvalue weighted by molar-refractivity contribution is 5.95. The number of amides is 2. The van der Waals surface area contributed by atoms with Crippen molar-refractivity contribution in [2.75, 3.05) is 31.5 Å². The van der Waals surface area contributed by atoms with Crippen molar-refractivity contribution in [3.8, 4) is 0 Å². The van der Waals surface area contributed by atoms with Crippen LogP contribution in [-0.2, 0) is 4.79 Å². The molecule has 0 unspecified atom stereocenters. The Balaban J connectivity index is 2.45. The van der Waals surface area contributed by atoms with Gasteiger partial charge in [0, 0.05) is 30.9 Å². The van der Waals surface area contributed by atoms with Gasteiger partial charge >= 0.3 is 0 Å². The molecule has 0 aliphatic carbocycles. The second kappa shape index (κ2) is 14.1. The molecule has 0 bridgehead atoms. The topological polar surface area (TPSA) is 61.4 Å². The SMILES string of the molecule is CCCCCCCNC(=O)CNc1cccc(C(=O)N(CCC)CCC)c1. The van der Waals surface area contributed by atoms with Crippen LogP contribution in [0.3, 0.4) is 0 Å². The maximum Gasteiger partial charge on any atom is 0.253 e. The van der Waals surface area contributed by atoms with Gasteiger partial charge < -0.3 is 15.5 Å². The molecular weight excluding hydrogens is 338 g/mol. The van der Waals surface area contributed by atoms with Gasteiger partial charge in [0.15, 0.2) is 0 Å². The highest BCUT2D eigenvalue weighted by atomic mass is 16.2. The number of nitrogens with one attached hydrogen (secondary N) is 2. The van der Waals surface area contributed by atoms with Crippen molar-refractivity contribution in [1.82, 2.24) is 10.2 Å². The second-order valence-electron chi connectivity index (χ2n) is 6.99. The summed E-state index contributed by atoms with van der Waals surface area (Å²) in [5, 5.41) is 6.06. The number of carbonyl (C=O) groups excluding carboxylic acids is 2. The molecule has 2 amide bonds. The Morgan fingerprint density at radius 3 is 2.30 bits per heavy atom. The van der Waals surface area contributed by atoms with Crippen molar-refractivity contribution in [2.24, 2.45) is 0 Å². The molecular formula is C22H37N3O2. The summed E-state index contributed by atoms with van der Waals surface area (Å²) in [6.45, 7) is 8.84. The number of hydrogen-bond donors (Lipinski definition) is 2. The molecule has 2 N–H and O–H groups in total. The monoisotopic (exact) mass is 375 g/mol. The molecule has 0 aliphatic rings. The van der Waals surface area contributed by atoms with Crippen molar-refractivity contribution in [3.63, 3.8) is 0 Å². The summed E-state index contributed by atoms with van der Waals surface area (Å²) in [6, 6.07) is 7.41. The van der Waals surface area contributed by atoms with Gasteiger partial charge in [-0.05, 0) is 37.5 Å². The van der Waals surface area contributed by atoms with E-state index in [0.717, 1.165) is 51.0 Å². The molecule has 5 heteroatoms. The van der Waals surface area contributed by atoms with E-state index in [9.17, 15) is 9.59 Å². The van der Waals surface area contributed by atoms with Crippen LogP contribution in [0.25, 0.3) is 0 Å². The Morgan fingerprint density at radius 1 is 0.926 bits per heavy atom. The zero-order chi connectivity index (χ0) is 19.9. The third kappa shape index (κ3) is 9.45. The zero-order valence-electron chi connectivity index (χ0n) is 17.4. The van der Waals surface area contributed by atoms with E-state index in [0.29, 0.717) is 5.56 Å². The van der Waals surface area contributed by atoms with Gasteiger partial charge in [-0.2, -0.15) is 0 Å². The number of rotatable bonds is 14. The van der Waals surface area contributed by atoms with Crippen LogP contribution in [0.5, 0.6) is 0 Å². The first-order valence-corrected chi connectivity index (χ1v) is 10.5. The Morgan fingerprint density at radius 2 is 1.63 bits per heavy atom. The molecule has 27 heavy (non-hydrogen) atoms. The number of anilines is 1. The van der Waals surface area contributed by atoms with Crippen molar-refractivity contribution in [2.45, 2.75) is 65.7 Å². The van der Waals surface area contributed by atoms with E-state index >= 15 is 0 Å². The molecule has 0 saturated heterocycles. The lowest BCUT2D eigenvalue weighted by atomic mass is 10.1. The summed E-state index contributed by atoms with van der Waals surface area (Å²) in [4.78, 5) is 26.5. The summed E-state index contributed by atoms with van der Waals surface area (Å²) >= 11 is 0. The molecule has 0 saturated carbocycles. The predicted octanol–water partition coefficient (Wildman–Crippen LogP) is 4.45. The molecule has 1 aromatic rings. The molecule has 0 radical (unpaired) electrons. The number of hydrogen-bond acceptors (Lipinski definition) is 3. The van der Waals surface area contributed by atoms with Gasteiger partial charge in [0.05, 0.1) is 6.54 Å². The molecule has 1 rings (SSSR count). The Hall–Kier alpha value is -2.04. The highest BCUT2D eigenvalue weighted by Crippen LogP contribution is 2.13. The minimum Gasteiger partial charge on any atom is -0.376 e. The van der Waals surface area contributed by atoms with Crippen molar-refractivity contribution in [3.05, 3.63) is 29.8 Å².